The van der Waals surface area contributed by atoms with Crippen molar-refractivity contribution in [2.75, 3.05) is 39.6 Å². The van der Waals surface area contributed by atoms with Gasteiger partial charge in [-0.25, -0.2) is 9.13 Å². The van der Waals surface area contributed by atoms with Crippen molar-refractivity contribution in [1.82, 2.24) is 0 Å². The Hall–Kier alpha value is -1.94. The first kappa shape index (κ1) is 81.1. The number of esters is 4. The lowest BCUT2D eigenvalue weighted by atomic mass is 10.0. The fourth-order valence-electron chi connectivity index (χ4n) is 9.53. The van der Waals surface area contributed by atoms with Gasteiger partial charge in [0.05, 0.1) is 26.4 Å². The van der Waals surface area contributed by atoms with E-state index in [1.807, 2.05) is 0 Å². The summed E-state index contributed by atoms with van der Waals surface area (Å²) in [4.78, 5) is 72.1. The smallest absolute Gasteiger partial charge is 0.462 e. The summed E-state index contributed by atoms with van der Waals surface area (Å²) in [6.07, 6.45) is 39.0. The second-order valence-electron chi connectivity index (χ2n) is 24.1. The van der Waals surface area contributed by atoms with Gasteiger partial charge in [0.15, 0.2) is 12.2 Å². The average Bonchev–Trinajstić information content (AvgIpc) is 3.48. The van der Waals surface area contributed by atoms with E-state index < -0.39 is 97.5 Å². The lowest BCUT2D eigenvalue weighted by Gasteiger charge is -2.21. The summed E-state index contributed by atoms with van der Waals surface area (Å²) in [5.74, 6) is -0.628. The third-order valence-electron chi connectivity index (χ3n) is 14.7. The van der Waals surface area contributed by atoms with Gasteiger partial charge in [0, 0.05) is 25.7 Å². The highest BCUT2D eigenvalue weighted by atomic mass is 31.2. The van der Waals surface area contributed by atoms with Gasteiger partial charge >= 0.3 is 39.5 Å². The number of phosphoric ester groups is 2. The van der Waals surface area contributed by atoms with Crippen molar-refractivity contribution >= 4 is 39.5 Å². The minimum Gasteiger partial charge on any atom is -0.462 e. The Morgan fingerprint density at radius 3 is 0.819 bits per heavy atom. The molecule has 0 fully saturated rings. The molecule has 0 aromatic carbocycles. The van der Waals surface area contributed by atoms with Crippen molar-refractivity contribution in [1.29, 1.82) is 0 Å². The molecule has 0 aromatic heterocycles. The van der Waals surface area contributed by atoms with Crippen LogP contribution >= 0.6 is 15.6 Å². The molecule has 0 aliphatic carbocycles. The van der Waals surface area contributed by atoms with Gasteiger partial charge in [0.25, 0.3) is 0 Å². The number of carbonyl (C=O) groups excluding carboxylic acids is 4. The molecule has 17 nitrogen and oxygen atoms in total. The summed E-state index contributed by atoms with van der Waals surface area (Å²) in [6, 6.07) is 0. The van der Waals surface area contributed by atoms with Crippen LogP contribution in [0.3, 0.4) is 0 Å². The second-order valence-corrected chi connectivity index (χ2v) is 27.0. The molecular weight excluding hydrogens is 1100 g/mol. The first-order chi connectivity index (χ1) is 39.9. The topological polar surface area (TPSA) is 237 Å². The van der Waals surface area contributed by atoms with Gasteiger partial charge in [-0.3, -0.25) is 37.3 Å². The third kappa shape index (κ3) is 58.8. The lowest BCUT2D eigenvalue weighted by Crippen LogP contribution is -2.30. The van der Waals surface area contributed by atoms with E-state index in [1.165, 1.54) is 122 Å². The van der Waals surface area contributed by atoms with Gasteiger partial charge < -0.3 is 33.8 Å². The monoisotopic (exact) mass is 1230 g/mol. The van der Waals surface area contributed by atoms with E-state index in [-0.39, 0.29) is 25.7 Å². The van der Waals surface area contributed by atoms with Crippen LogP contribution in [0.15, 0.2) is 0 Å². The van der Waals surface area contributed by atoms with Crippen LogP contribution in [0.5, 0.6) is 0 Å². The van der Waals surface area contributed by atoms with Crippen LogP contribution < -0.4 is 0 Å². The first-order valence-corrected chi connectivity index (χ1v) is 36.5. The van der Waals surface area contributed by atoms with Gasteiger partial charge in [-0.1, -0.05) is 266 Å². The van der Waals surface area contributed by atoms with Crippen LogP contribution in [0.4, 0.5) is 0 Å². The maximum atomic E-state index is 13.0. The van der Waals surface area contributed by atoms with E-state index in [0.29, 0.717) is 25.7 Å². The number of hydrogen-bond acceptors (Lipinski definition) is 15. The summed E-state index contributed by atoms with van der Waals surface area (Å²) in [5.41, 5.74) is 0. The van der Waals surface area contributed by atoms with Crippen LogP contribution in [0.25, 0.3) is 0 Å². The molecule has 2 unspecified atom stereocenters. The fraction of sp³-hybridized carbons (Fsp3) is 0.938. The summed E-state index contributed by atoms with van der Waals surface area (Å²) < 4.78 is 67.9. The Morgan fingerprint density at radius 1 is 0.325 bits per heavy atom. The number of ether oxygens (including phenoxy) is 4. The molecule has 0 rings (SSSR count). The Bertz CT molecular complexity index is 1630. The van der Waals surface area contributed by atoms with E-state index in [0.717, 1.165) is 115 Å². The highest BCUT2D eigenvalue weighted by Crippen LogP contribution is 2.45. The number of hydrogen-bond donors (Lipinski definition) is 3. The number of rotatable bonds is 63. The van der Waals surface area contributed by atoms with Crippen molar-refractivity contribution in [3.05, 3.63) is 0 Å². The lowest BCUT2D eigenvalue weighted by molar-refractivity contribution is -0.161. The molecule has 0 aliphatic heterocycles. The third-order valence-corrected chi connectivity index (χ3v) is 16.6. The molecule has 0 radical (unpaired) electrons. The van der Waals surface area contributed by atoms with Crippen LogP contribution in [-0.2, 0) is 65.4 Å². The van der Waals surface area contributed by atoms with Crippen LogP contribution in [0, 0.1) is 11.8 Å². The zero-order valence-electron chi connectivity index (χ0n) is 53.5. The van der Waals surface area contributed by atoms with Gasteiger partial charge in [-0.05, 0) is 37.5 Å². The van der Waals surface area contributed by atoms with E-state index in [1.54, 1.807) is 0 Å². The highest BCUT2D eigenvalue weighted by molar-refractivity contribution is 7.47. The Morgan fingerprint density at radius 2 is 0.554 bits per heavy atom. The van der Waals surface area contributed by atoms with Crippen LogP contribution in [0.1, 0.15) is 318 Å². The number of unbranched alkanes of at least 4 members (excludes halogenated alkanes) is 33. The highest BCUT2D eigenvalue weighted by Gasteiger charge is 2.30. The molecule has 3 N–H and O–H groups in total. The zero-order chi connectivity index (χ0) is 61.5. The van der Waals surface area contributed by atoms with Crippen molar-refractivity contribution in [2.24, 2.45) is 11.8 Å². The number of phosphoric acid groups is 2. The van der Waals surface area contributed by atoms with E-state index in [9.17, 15) is 43.2 Å². The fourth-order valence-corrected chi connectivity index (χ4v) is 11.1. The van der Waals surface area contributed by atoms with Gasteiger partial charge in [0.1, 0.15) is 19.3 Å². The predicted octanol–water partition coefficient (Wildman–Crippen LogP) is 17.7. The maximum Gasteiger partial charge on any atom is 0.472 e. The largest absolute Gasteiger partial charge is 0.472 e. The summed E-state index contributed by atoms with van der Waals surface area (Å²) >= 11 is 0. The molecule has 0 saturated carbocycles. The molecule has 0 saturated heterocycles. The Kier molecular flexibility index (Phi) is 55.2. The van der Waals surface area contributed by atoms with Gasteiger partial charge in [0.2, 0.25) is 0 Å². The molecular formula is C64H124O17P2. The van der Waals surface area contributed by atoms with Crippen molar-refractivity contribution in [3.63, 3.8) is 0 Å². The number of aliphatic hydroxyl groups is 1. The number of carbonyl (C=O) groups is 4. The Balaban J connectivity index is 5.22. The quantitative estimate of drug-likeness (QED) is 0.0222. The van der Waals surface area contributed by atoms with Gasteiger partial charge in [-0.2, -0.15) is 0 Å². The van der Waals surface area contributed by atoms with E-state index in [2.05, 4.69) is 41.5 Å². The van der Waals surface area contributed by atoms with Crippen molar-refractivity contribution in [2.45, 2.75) is 336 Å². The first-order valence-electron chi connectivity index (χ1n) is 33.5. The summed E-state index contributed by atoms with van der Waals surface area (Å²) in [6.45, 7) is 9.43. The molecule has 5 atom stereocenters. The molecule has 0 aromatic rings. The van der Waals surface area contributed by atoms with Crippen molar-refractivity contribution < 1.29 is 80.2 Å². The molecule has 0 heterocycles. The van der Waals surface area contributed by atoms with E-state index in [4.69, 9.17) is 37.0 Å². The van der Waals surface area contributed by atoms with Crippen LogP contribution in [0.2, 0.25) is 0 Å². The molecule has 0 spiro atoms. The molecule has 0 amide bonds. The molecule has 83 heavy (non-hydrogen) atoms. The average molecular weight is 1230 g/mol. The Labute approximate surface area is 505 Å². The van der Waals surface area contributed by atoms with Crippen molar-refractivity contribution in [3.8, 4) is 0 Å². The molecule has 19 heteroatoms. The molecule has 0 bridgehead atoms. The zero-order valence-corrected chi connectivity index (χ0v) is 55.3. The molecule has 0 aliphatic rings. The minimum absolute atomic E-state index is 0.106. The van der Waals surface area contributed by atoms with Gasteiger partial charge in [-0.15, -0.1) is 0 Å². The molecule has 492 valence electrons. The predicted molar refractivity (Wildman–Crippen MR) is 331 cm³/mol. The normalized spacial score (nSPS) is 14.3. The summed E-state index contributed by atoms with van der Waals surface area (Å²) in [5, 5.41) is 10.5. The van der Waals surface area contributed by atoms with Crippen LogP contribution in [-0.4, -0.2) is 96.7 Å². The maximum absolute atomic E-state index is 13.0. The second kappa shape index (κ2) is 56.6. The summed E-state index contributed by atoms with van der Waals surface area (Å²) in [7, 11) is -9.88. The SMILES string of the molecule is CCCCCCCCCCCCC(=O)O[C@H](COC(=O)CCCCCCCCC)COP(=O)(O)OC[C@H](O)COP(=O)(O)OC[C@@H](COC(=O)CCCCCCCCCCCC(C)C)OC(=O)CCCCCCCCCCCCCC(C)C. The number of aliphatic hydroxyl groups excluding tert-OH is 1. The van der Waals surface area contributed by atoms with E-state index >= 15 is 0 Å². The minimum atomic E-state index is -4.94. The standard InChI is InChI=1S/C64H124O17P2/c1-7-9-11-13-15-16-23-30-36-42-48-63(68)80-59(52-74-61(66)46-40-34-26-14-12-10-8-2)54-78-82(70,71)76-50-58(65)51-77-83(72,73)79-55-60(53-75-62(67)47-41-35-29-25-20-22-28-33-39-45-57(5)6)81-64(69)49-43-37-31-24-19-17-18-21-27-32-38-44-56(3)4/h56-60,65H,7-55H2,1-6H3,(H,70,71)(H,72,73)/t58-,59+,60+/m0/s1.